The molecule has 0 nitrogen and oxygen atoms in total. The molecule has 0 saturated carbocycles. The maximum atomic E-state index is 3.42. The summed E-state index contributed by atoms with van der Waals surface area (Å²) in [4.78, 5) is 0. The van der Waals surface area contributed by atoms with Crippen molar-refractivity contribution in [2.45, 2.75) is 6.92 Å². The Morgan fingerprint density at radius 2 is 1.67 bits per heavy atom. The SMILES string of the molecule is [Br-].[CH2-]/C=C/C.[Mg+2]. The van der Waals surface area contributed by atoms with Gasteiger partial charge in [-0.3, -0.25) is 0 Å². The zero-order chi connectivity index (χ0) is 3.41. The first-order valence-electron chi connectivity index (χ1n) is 1.32. The largest absolute Gasteiger partial charge is 2.00 e. The van der Waals surface area contributed by atoms with Crippen molar-refractivity contribution in [1.82, 2.24) is 0 Å². The third kappa shape index (κ3) is 21.0. The Labute approximate surface area is 65.9 Å². The Bertz CT molecular complexity index is 22.7. The molecule has 0 saturated heterocycles. The molecule has 0 spiro atoms. The average Bonchev–Trinajstić information content (AvgIpc) is 1.37. The van der Waals surface area contributed by atoms with E-state index in [1.807, 2.05) is 13.0 Å². The van der Waals surface area contributed by atoms with E-state index in [4.69, 9.17) is 0 Å². The van der Waals surface area contributed by atoms with Crippen molar-refractivity contribution in [3.8, 4) is 0 Å². The van der Waals surface area contributed by atoms with Gasteiger partial charge in [-0.1, -0.05) is 0 Å². The summed E-state index contributed by atoms with van der Waals surface area (Å²) in [5.41, 5.74) is 0. The van der Waals surface area contributed by atoms with Crippen molar-refractivity contribution in [1.29, 1.82) is 0 Å². The number of allylic oxidation sites excluding steroid dienone is 2. The molecule has 0 aliphatic heterocycles. The van der Waals surface area contributed by atoms with Crippen LogP contribution in [0.1, 0.15) is 6.92 Å². The zero-order valence-corrected chi connectivity index (χ0v) is 6.95. The summed E-state index contributed by atoms with van der Waals surface area (Å²) in [6.45, 7) is 5.36. The van der Waals surface area contributed by atoms with E-state index < -0.39 is 0 Å². The predicted molar refractivity (Wildman–Crippen MR) is 25.9 cm³/mol. The van der Waals surface area contributed by atoms with Crippen LogP contribution in [0, 0.1) is 6.92 Å². The number of hydrogen-bond donors (Lipinski definition) is 0. The van der Waals surface area contributed by atoms with E-state index in [9.17, 15) is 0 Å². The number of rotatable bonds is 0. The minimum Gasteiger partial charge on any atom is -1.00 e. The maximum Gasteiger partial charge on any atom is 2.00 e. The molecule has 0 aliphatic rings. The van der Waals surface area contributed by atoms with Gasteiger partial charge in [0.05, 0.1) is 0 Å². The normalized spacial score (nSPS) is 6.17. The van der Waals surface area contributed by atoms with Gasteiger partial charge in [0.1, 0.15) is 0 Å². The fourth-order valence-corrected chi connectivity index (χ4v) is 0. The molecule has 6 heavy (non-hydrogen) atoms. The summed E-state index contributed by atoms with van der Waals surface area (Å²) < 4.78 is 0. The van der Waals surface area contributed by atoms with E-state index in [1.165, 1.54) is 0 Å². The molecule has 32 valence electrons. The van der Waals surface area contributed by atoms with Gasteiger partial charge in [-0.25, -0.2) is 19.1 Å². The van der Waals surface area contributed by atoms with E-state index >= 15 is 0 Å². The molecule has 0 unspecified atom stereocenters. The van der Waals surface area contributed by atoms with Crippen molar-refractivity contribution < 1.29 is 17.0 Å². The Morgan fingerprint density at radius 1 is 1.50 bits per heavy atom. The first kappa shape index (κ1) is 15.8. The van der Waals surface area contributed by atoms with Gasteiger partial charge >= 0.3 is 23.1 Å². The van der Waals surface area contributed by atoms with Gasteiger partial charge in [0.15, 0.2) is 0 Å². The second-order valence-corrected chi connectivity index (χ2v) is 0.569. The fourth-order valence-electron chi connectivity index (χ4n) is 0. The molecule has 0 aromatic carbocycles. The van der Waals surface area contributed by atoms with Crippen LogP contribution in [0.4, 0.5) is 0 Å². The van der Waals surface area contributed by atoms with E-state index in [-0.39, 0.29) is 40.0 Å². The van der Waals surface area contributed by atoms with Gasteiger partial charge in [0, 0.05) is 0 Å². The Kier molecular flexibility index (Phi) is 44.6. The molecule has 0 radical (unpaired) electrons. The van der Waals surface area contributed by atoms with E-state index in [0.29, 0.717) is 0 Å². The minimum atomic E-state index is 0. The van der Waals surface area contributed by atoms with E-state index in [0.717, 1.165) is 0 Å². The van der Waals surface area contributed by atoms with Gasteiger partial charge in [0.2, 0.25) is 0 Å². The van der Waals surface area contributed by atoms with Crippen LogP contribution in [0.2, 0.25) is 0 Å². The monoisotopic (exact) mass is 158 g/mol. The molecule has 2 heteroatoms. The van der Waals surface area contributed by atoms with Gasteiger partial charge < -0.3 is 17.0 Å². The molecule has 0 N–H and O–H groups in total. The van der Waals surface area contributed by atoms with Crippen LogP contribution in [0.3, 0.4) is 0 Å². The summed E-state index contributed by atoms with van der Waals surface area (Å²) in [5, 5.41) is 0. The Morgan fingerprint density at radius 3 is 1.67 bits per heavy atom. The van der Waals surface area contributed by atoms with Crippen LogP contribution in [-0.2, 0) is 0 Å². The molecule has 0 bridgehead atoms. The number of halogens is 1. The first-order chi connectivity index (χ1) is 1.91. The molecule has 0 rings (SSSR count). The van der Waals surface area contributed by atoms with E-state index in [1.54, 1.807) is 6.08 Å². The molecular formula is C4H7BrMg. The molecule has 0 aromatic heterocycles. The minimum absolute atomic E-state index is 0. The Balaban J connectivity index is -0.0000000450. The molecule has 0 heterocycles. The molecule has 0 aliphatic carbocycles. The van der Waals surface area contributed by atoms with Crippen molar-refractivity contribution in [2.24, 2.45) is 0 Å². The van der Waals surface area contributed by atoms with Gasteiger partial charge in [0.25, 0.3) is 0 Å². The van der Waals surface area contributed by atoms with Gasteiger partial charge in [-0.15, -0.1) is 6.92 Å². The second kappa shape index (κ2) is 16.9. The second-order valence-electron chi connectivity index (χ2n) is 0.569. The smallest absolute Gasteiger partial charge is 1.00 e. The van der Waals surface area contributed by atoms with Gasteiger partial charge in [-0.2, -0.15) is 0 Å². The summed E-state index contributed by atoms with van der Waals surface area (Å²) in [7, 11) is 0. The fraction of sp³-hybridized carbons (Fsp3) is 0.250. The van der Waals surface area contributed by atoms with Crippen molar-refractivity contribution in [3.63, 3.8) is 0 Å². The molecule has 0 aromatic rings. The number of hydrogen-bond acceptors (Lipinski definition) is 0. The summed E-state index contributed by atoms with van der Waals surface area (Å²) in [5.74, 6) is 0. The predicted octanol–water partition coefficient (Wildman–Crippen LogP) is -1.98. The topological polar surface area (TPSA) is 0 Å². The van der Waals surface area contributed by atoms with Crippen molar-refractivity contribution >= 4 is 23.1 Å². The van der Waals surface area contributed by atoms with Crippen LogP contribution in [0.15, 0.2) is 12.2 Å². The Hall–Kier alpha value is 0.856. The van der Waals surface area contributed by atoms with Crippen LogP contribution >= 0.6 is 0 Å². The quantitative estimate of drug-likeness (QED) is 0.284. The van der Waals surface area contributed by atoms with Crippen LogP contribution in [-0.4, -0.2) is 23.1 Å². The molecule has 0 fully saturated rings. The summed E-state index contributed by atoms with van der Waals surface area (Å²) >= 11 is 0. The maximum absolute atomic E-state index is 3.42. The molecule has 0 atom stereocenters. The van der Waals surface area contributed by atoms with Crippen LogP contribution < -0.4 is 17.0 Å². The van der Waals surface area contributed by atoms with Crippen LogP contribution in [0.25, 0.3) is 0 Å². The zero-order valence-electron chi connectivity index (χ0n) is 3.95. The van der Waals surface area contributed by atoms with Crippen molar-refractivity contribution in [2.75, 3.05) is 0 Å². The molecule has 0 amide bonds. The third-order valence-electron chi connectivity index (χ3n) is 0.236. The van der Waals surface area contributed by atoms with Crippen LogP contribution in [0.5, 0.6) is 0 Å². The van der Waals surface area contributed by atoms with Crippen molar-refractivity contribution in [3.05, 3.63) is 19.1 Å². The molecular weight excluding hydrogens is 152 g/mol. The third-order valence-corrected chi connectivity index (χ3v) is 0.236. The van der Waals surface area contributed by atoms with E-state index in [2.05, 4.69) is 6.92 Å². The average molecular weight is 159 g/mol. The van der Waals surface area contributed by atoms with Gasteiger partial charge in [-0.05, 0) is 0 Å². The standard InChI is InChI=1S/C4H7.BrH.Mg/c1-3-4-2;;/h3-4H,1H2,2H3;1H;/q-1;;+2/p-1/b4-3+;;. The summed E-state index contributed by atoms with van der Waals surface area (Å²) in [6, 6.07) is 0. The first-order valence-corrected chi connectivity index (χ1v) is 1.32. The summed E-state index contributed by atoms with van der Waals surface area (Å²) in [6.07, 6.45) is 3.64.